The molecule has 2 nitrogen and oxygen atoms in total. The molecule has 0 aliphatic rings. The van der Waals surface area contributed by atoms with Crippen LogP contribution in [-0.2, 0) is 17.9 Å². The molecule has 0 radical (unpaired) electrons. The Morgan fingerprint density at radius 2 is 1.60 bits per heavy atom. The lowest BCUT2D eigenvalue weighted by Crippen LogP contribution is -2.12. The van der Waals surface area contributed by atoms with Crippen molar-refractivity contribution in [1.82, 2.24) is 4.90 Å². The zero-order valence-electron chi connectivity index (χ0n) is 10.4. The van der Waals surface area contributed by atoms with E-state index in [9.17, 15) is 0 Å². The van der Waals surface area contributed by atoms with Crippen molar-refractivity contribution in [3.63, 3.8) is 0 Å². The Balaban J connectivity index is 2.97. The highest BCUT2D eigenvalue weighted by molar-refractivity contribution is 5.36. The van der Waals surface area contributed by atoms with Crippen LogP contribution in [0.4, 0.5) is 0 Å². The van der Waals surface area contributed by atoms with Gasteiger partial charge in [-0.15, -0.1) is 0 Å². The molecule has 0 atom stereocenters. The van der Waals surface area contributed by atoms with Crippen molar-refractivity contribution < 1.29 is 4.74 Å². The highest BCUT2D eigenvalue weighted by Gasteiger charge is 2.05. The maximum absolute atomic E-state index is 5.17. The minimum atomic E-state index is 0.703. The van der Waals surface area contributed by atoms with Gasteiger partial charge < -0.3 is 9.64 Å². The van der Waals surface area contributed by atoms with Gasteiger partial charge in [-0.1, -0.05) is 12.1 Å². The Kier molecular flexibility index (Phi) is 4.30. The highest BCUT2D eigenvalue weighted by atomic mass is 16.5. The fourth-order valence-electron chi connectivity index (χ4n) is 1.76. The first kappa shape index (κ1) is 12.2. The van der Waals surface area contributed by atoms with Gasteiger partial charge in [0.05, 0.1) is 6.61 Å². The molecular weight excluding hydrogens is 186 g/mol. The van der Waals surface area contributed by atoms with Crippen molar-refractivity contribution >= 4 is 0 Å². The molecular formula is C13H21NO. The van der Waals surface area contributed by atoms with Gasteiger partial charge in [-0.05, 0) is 50.2 Å². The van der Waals surface area contributed by atoms with Gasteiger partial charge in [0.25, 0.3) is 0 Å². The number of rotatable bonds is 4. The molecule has 0 spiro atoms. The van der Waals surface area contributed by atoms with Crippen LogP contribution in [0, 0.1) is 13.8 Å². The van der Waals surface area contributed by atoms with Crippen LogP contribution in [0.2, 0.25) is 0 Å². The third-order valence-electron chi connectivity index (χ3n) is 2.58. The summed E-state index contributed by atoms with van der Waals surface area (Å²) in [6.45, 7) is 6.01. The molecule has 1 aromatic rings. The van der Waals surface area contributed by atoms with Crippen LogP contribution in [0.5, 0.6) is 0 Å². The summed E-state index contributed by atoms with van der Waals surface area (Å²) in [6, 6.07) is 4.50. The van der Waals surface area contributed by atoms with E-state index in [-0.39, 0.29) is 0 Å². The molecule has 0 fully saturated rings. The van der Waals surface area contributed by atoms with Gasteiger partial charge in [0.2, 0.25) is 0 Å². The summed E-state index contributed by atoms with van der Waals surface area (Å²) in [5.74, 6) is 0. The van der Waals surface area contributed by atoms with Crippen LogP contribution in [0.3, 0.4) is 0 Å². The Morgan fingerprint density at radius 1 is 1.07 bits per heavy atom. The molecule has 0 aliphatic heterocycles. The maximum atomic E-state index is 5.17. The van der Waals surface area contributed by atoms with Crippen LogP contribution in [0.15, 0.2) is 12.1 Å². The molecule has 2 heteroatoms. The SMILES string of the molecule is COCc1cc(C)c(CN(C)C)cc1C. The van der Waals surface area contributed by atoms with E-state index in [1.807, 2.05) is 0 Å². The third kappa shape index (κ3) is 3.33. The van der Waals surface area contributed by atoms with Crippen molar-refractivity contribution in [2.75, 3.05) is 21.2 Å². The molecule has 15 heavy (non-hydrogen) atoms. The van der Waals surface area contributed by atoms with Gasteiger partial charge in [0.1, 0.15) is 0 Å². The zero-order valence-corrected chi connectivity index (χ0v) is 10.4. The molecule has 0 N–H and O–H groups in total. The van der Waals surface area contributed by atoms with E-state index < -0.39 is 0 Å². The van der Waals surface area contributed by atoms with E-state index in [0.29, 0.717) is 6.61 Å². The lowest BCUT2D eigenvalue weighted by Gasteiger charge is -2.15. The van der Waals surface area contributed by atoms with Crippen LogP contribution < -0.4 is 0 Å². The number of aryl methyl sites for hydroxylation is 2. The number of hydrogen-bond acceptors (Lipinski definition) is 2. The quantitative estimate of drug-likeness (QED) is 0.752. The van der Waals surface area contributed by atoms with Gasteiger partial charge >= 0.3 is 0 Å². The van der Waals surface area contributed by atoms with E-state index in [1.54, 1.807) is 7.11 Å². The fraction of sp³-hybridized carbons (Fsp3) is 0.538. The van der Waals surface area contributed by atoms with Crippen LogP contribution in [0.1, 0.15) is 22.3 Å². The molecule has 0 heterocycles. The predicted octanol–water partition coefficient (Wildman–Crippen LogP) is 2.51. The van der Waals surface area contributed by atoms with Crippen molar-refractivity contribution in [2.24, 2.45) is 0 Å². The van der Waals surface area contributed by atoms with E-state index in [4.69, 9.17) is 4.74 Å². The van der Waals surface area contributed by atoms with Gasteiger partial charge in [-0.3, -0.25) is 0 Å². The van der Waals surface area contributed by atoms with Gasteiger partial charge in [0.15, 0.2) is 0 Å². The number of methoxy groups -OCH3 is 1. The van der Waals surface area contributed by atoms with E-state index >= 15 is 0 Å². The fourth-order valence-corrected chi connectivity index (χ4v) is 1.76. The summed E-state index contributed by atoms with van der Waals surface area (Å²) in [7, 11) is 5.93. The van der Waals surface area contributed by atoms with Gasteiger partial charge in [0, 0.05) is 13.7 Å². The van der Waals surface area contributed by atoms with Gasteiger partial charge in [-0.25, -0.2) is 0 Å². The van der Waals surface area contributed by atoms with Crippen LogP contribution in [-0.4, -0.2) is 26.1 Å². The normalized spacial score (nSPS) is 11.1. The second-order valence-electron chi connectivity index (χ2n) is 4.38. The lowest BCUT2D eigenvalue weighted by molar-refractivity contribution is 0.184. The average Bonchev–Trinajstić information content (AvgIpc) is 2.13. The van der Waals surface area contributed by atoms with Crippen molar-refractivity contribution in [1.29, 1.82) is 0 Å². The molecule has 0 aliphatic carbocycles. The zero-order chi connectivity index (χ0) is 11.4. The Hall–Kier alpha value is -0.860. The Morgan fingerprint density at radius 3 is 2.13 bits per heavy atom. The summed E-state index contributed by atoms with van der Waals surface area (Å²) in [5, 5.41) is 0. The minimum Gasteiger partial charge on any atom is -0.380 e. The first-order valence-corrected chi connectivity index (χ1v) is 5.27. The number of hydrogen-bond donors (Lipinski definition) is 0. The van der Waals surface area contributed by atoms with Crippen LogP contribution >= 0.6 is 0 Å². The summed E-state index contributed by atoms with van der Waals surface area (Å²) in [4.78, 5) is 2.19. The number of benzene rings is 1. The molecule has 0 saturated heterocycles. The minimum absolute atomic E-state index is 0.703. The van der Waals surface area contributed by atoms with Crippen LogP contribution in [0.25, 0.3) is 0 Å². The van der Waals surface area contributed by atoms with Crippen molar-refractivity contribution in [3.8, 4) is 0 Å². The molecule has 1 aromatic carbocycles. The highest BCUT2D eigenvalue weighted by Crippen LogP contribution is 2.17. The maximum Gasteiger partial charge on any atom is 0.0715 e. The van der Waals surface area contributed by atoms with Crippen molar-refractivity contribution in [3.05, 3.63) is 34.4 Å². The molecule has 0 unspecified atom stereocenters. The molecule has 0 saturated carbocycles. The molecule has 84 valence electrons. The smallest absolute Gasteiger partial charge is 0.0715 e. The largest absolute Gasteiger partial charge is 0.380 e. The first-order valence-electron chi connectivity index (χ1n) is 5.27. The standard InChI is InChI=1S/C13H21NO/c1-10-7-13(9-15-5)11(2)6-12(10)8-14(3)4/h6-7H,8-9H2,1-5H3. The van der Waals surface area contributed by atoms with E-state index in [1.165, 1.54) is 22.3 Å². The summed E-state index contributed by atoms with van der Waals surface area (Å²) < 4.78 is 5.17. The lowest BCUT2D eigenvalue weighted by atomic mass is 10.00. The summed E-state index contributed by atoms with van der Waals surface area (Å²) in [6.07, 6.45) is 0. The molecule has 0 aromatic heterocycles. The molecule has 1 rings (SSSR count). The second-order valence-corrected chi connectivity index (χ2v) is 4.38. The third-order valence-corrected chi connectivity index (χ3v) is 2.58. The van der Waals surface area contributed by atoms with Crippen molar-refractivity contribution in [2.45, 2.75) is 27.0 Å². The molecule has 0 amide bonds. The van der Waals surface area contributed by atoms with E-state index in [2.05, 4.69) is 45.0 Å². The number of ether oxygens (including phenoxy) is 1. The first-order chi connectivity index (χ1) is 7.04. The Labute approximate surface area is 92.9 Å². The van der Waals surface area contributed by atoms with E-state index in [0.717, 1.165) is 6.54 Å². The molecule has 0 bridgehead atoms. The monoisotopic (exact) mass is 207 g/mol. The Bertz CT molecular complexity index is 332. The summed E-state index contributed by atoms with van der Waals surface area (Å²) in [5.41, 5.74) is 5.36. The summed E-state index contributed by atoms with van der Waals surface area (Å²) >= 11 is 0. The average molecular weight is 207 g/mol. The topological polar surface area (TPSA) is 12.5 Å². The van der Waals surface area contributed by atoms with Gasteiger partial charge in [-0.2, -0.15) is 0 Å². The second kappa shape index (κ2) is 5.29. The number of nitrogens with zero attached hydrogens (tertiary/aromatic N) is 1. The predicted molar refractivity (Wildman–Crippen MR) is 64.0 cm³/mol.